The summed E-state index contributed by atoms with van der Waals surface area (Å²) in [6.45, 7) is 0.466. The molecule has 0 bridgehead atoms. The topological polar surface area (TPSA) is 63.4 Å². The minimum absolute atomic E-state index is 0.448. The first-order chi connectivity index (χ1) is 7.22. The van der Waals surface area contributed by atoms with Gasteiger partial charge in [0.2, 0.25) is 12.3 Å². The Morgan fingerprint density at radius 2 is 2.07 bits per heavy atom. The lowest BCUT2D eigenvalue weighted by molar-refractivity contribution is -0.131. The second kappa shape index (κ2) is 3.73. The van der Waals surface area contributed by atoms with E-state index in [1.165, 1.54) is 4.90 Å². The number of hydrogen-bond acceptors (Lipinski definition) is 2. The summed E-state index contributed by atoms with van der Waals surface area (Å²) in [5.41, 5.74) is 7.43. The van der Waals surface area contributed by atoms with Crippen LogP contribution in [-0.4, -0.2) is 23.3 Å². The van der Waals surface area contributed by atoms with E-state index in [4.69, 9.17) is 5.73 Å². The molecule has 2 rings (SSSR count). The second-order valence-corrected chi connectivity index (χ2v) is 3.67. The Hall–Kier alpha value is -1.84. The molecule has 15 heavy (non-hydrogen) atoms. The van der Waals surface area contributed by atoms with Crippen LogP contribution < -0.4 is 5.73 Å². The number of hydrogen-bond donors (Lipinski definition) is 1. The summed E-state index contributed by atoms with van der Waals surface area (Å²) in [5.74, 6) is -0.448. The summed E-state index contributed by atoms with van der Waals surface area (Å²) in [6.07, 6.45) is 1.20. The average Bonchev–Trinajstić information content (AvgIpc) is 2.27. The largest absolute Gasteiger partial charge is 0.368 e. The zero-order valence-corrected chi connectivity index (χ0v) is 8.22. The normalized spacial score (nSPS) is 19.5. The lowest BCUT2D eigenvalue weighted by atomic mass is 9.94. The van der Waals surface area contributed by atoms with Crippen molar-refractivity contribution >= 4 is 12.3 Å². The van der Waals surface area contributed by atoms with Crippen molar-refractivity contribution in [1.82, 2.24) is 4.90 Å². The van der Waals surface area contributed by atoms with Crippen molar-refractivity contribution in [2.75, 3.05) is 0 Å². The molecule has 2 amide bonds. The molecular weight excluding hydrogens is 192 g/mol. The van der Waals surface area contributed by atoms with E-state index in [2.05, 4.69) is 0 Å². The summed E-state index contributed by atoms with van der Waals surface area (Å²) < 4.78 is 0. The zero-order chi connectivity index (χ0) is 10.8. The number of rotatable bonds is 2. The number of fused-ring (bicyclic) bond motifs is 1. The molecule has 0 radical (unpaired) electrons. The smallest absolute Gasteiger partial charge is 0.240 e. The van der Waals surface area contributed by atoms with Crippen LogP contribution in [0.15, 0.2) is 24.3 Å². The molecule has 1 aromatic rings. The van der Waals surface area contributed by atoms with Crippen LogP contribution in [0.25, 0.3) is 0 Å². The minimum atomic E-state index is -0.502. The van der Waals surface area contributed by atoms with Crippen molar-refractivity contribution < 1.29 is 9.59 Å². The third kappa shape index (κ3) is 1.70. The summed E-state index contributed by atoms with van der Waals surface area (Å²) in [7, 11) is 0. The lowest BCUT2D eigenvalue weighted by Crippen LogP contribution is -2.47. The van der Waals surface area contributed by atoms with Crippen molar-refractivity contribution in [3.63, 3.8) is 0 Å². The van der Waals surface area contributed by atoms with Gasteiger partial charge in [-0.1, -0.05) is 24.3 Å². The molecule has 4 heteroatoms. The Morgan fingerprint density at radius 3 is 2.67 bits per heavy atom. The van der Waals surface area contributed by atoms with Gasteiger partial charge in [-0.2, -0.15) is 0 Å². The van der Waals surface area contributed by atoms with Crippen LogP contribution >= 0.6 is 0 Å². The van der Waals surface area contributed by atoms with Crippen molar-refractivity contribution in [2.45, 2.75) is 19.0 Å². The first-order valence-electron chi connectivity index (χ1n) is 4.79. The molecule has 2 N–H and O–H groups in total. The Balaban J connectivity index is 2.34. The molecule has 1 aliphatic heterocycles. The second-order valence-electron chi connectivity index (χ2n) is 3.67. The third-order valence-electron chi connectivity index (χ3n) is 2.75. The highest BCUT2D eigenvalue weighted by Gasteiger charge is 2.28. The van der Waals surface area contributed by atoms with Crippen LogP contribution in [0.4, 0.5) is 0 Å². The Bertz CT molecular complexity index is 403. The highest BCUT2D eigenvalue weighted by molar-refractivity contribution is 5.82. The summed E-state index contributed by atoms with van der Waals surface area (Å²) in [5, 5.41) is 0. The number of carbonyl (C=O) groups is 2. The van der Waals surface area contributed by atoms with Crippen LogP contribution in [-0.2, 0) is 22.6 Å². The molecule has 1 heterocycles. The van der Waals surface area contributed by atoms with Gasteiger partial charge in [0, 0.05) is 13.0 Å². The molecule has 0 saturated heterocycles. The molecule has 1 atom stereocenters. The first kappa shape index (κ1) is 9.71. The number of primary amides is 1. The van der Waals surface area contributed by atoms with E-state index in [9.17, 15) is 9.59 Å². The van der Waals surface area contributed by atoms with Gasteiger partial charge < -0.3 is 10.6 Å². The molecule has 0 aromatic heterocycles. The summed E-state index contributed by atoms with van der Waals surface area (Å²) in [6, 6.07) is 7.27. The lowest BCUT2D eigenvalue weighted by Gasteiger charge is -2.31. The number of benzene rings is 1. The van der Waals surface area contributed by atoms with Crippen molar-refractivity contribution in [3.8, 4) is 0 Å². The van der Waals surface area contributed by atoms with E-state index in [0.29, 0.717) is 19.4 Å². The van der Waals surface area contributed by atoms with E-state index >= 15 is 0 Å². The number of nitrogens with two attached hydrogens (primary N) is 1. The predicted octanol–water partition coefficient (Wildman–Crippen LogP) is 0.0550. The predicted molar refractivity (Wildman–Crippen MR) is 54.7 cm³/mol. The van der Waals surface area contributed by atoms with Gasteiger partial charge in [0.15, 0.2) is 0 Å². The molecule has 0 spiro atoms. The van der Waals surface area contributed by atoms with E-state index in [1.54, 1.807) is 0 Å². The molecule has 0 unspecified atom stereocenters. The van der Waals surface area contributed by atoms with Gasteiger partial charge in [0.25, 0.3) is 0 Å². The van der Waals surface area contributed by atoms with Gasteiger partial charge >= 0.3 is 0 Å². The number of amides is 2. The maximum atomic E-state index is 11.2. The van der Waals surface area contributed by atoms with Crippen LogP contribution in [0.2, 0.25) is 0 Å². The molecular formula is C11H12N2O2. The Labute approximate surface area is 87.7 Å². The van der Waals surface area contributed by atoms with Crippen molar-refractivity contribution in [2.24, 2.45) is 5.73 Å². The quantitative estimate of drug-likeness (QED) is 0.692. The standard InChI is InChI=1S/C11H12N2O2/c12-11(15)10-5-8-3-1-2-4-9(8)6-13(10)7-14/h1-4,7,10H,5-6H2,(H2,12,15)/t10-/m0/s1. The van der Waals surface area contributed by atoms with E-state index in [1.807, 2.05) is 24.3 Å². The van der Waals surface area contributed by atoms with Crippen LogP contribution in [0.3, 0.4) is 0 Å². The first-order valence-corrected chi connectivity index (χ1v) is 4.79. The van der Waals surface area contributed by atoms with Crippen molar-refractivity contribution in [3.05, 3.63) is 35.4 Å². The van der Waals surface area contributed by atoms with Crippen LogP contribution in [0.1, 0.15) is 11.1 Å². The Morgan fingerprint density at radius 1 is 1.40 bits per heavy atom. The van der Waals surface area contributed by atoms with E-state index in [0.717, 1.165) is 11.1 Å². The molecule has 4 nitrogen and oxygen atoms in total. The SMILES string of the molecule is NC(=O)[C@@H]1Cc2ccccc2CN1C=O. The zero-order valence-electron chi connectivity index (χ0n) is 8.22. The number of nitrogens with zero attached hydrogens (tertiary/aromatic N) is 1. The van der Waals surface area contributed by atoms with Gasteiger partial charge in [-0.25, -0.2) is 0 Å². The van der Waals surface area contributed by atoms with E-state index < -0.39 is 11.9 Å². The average molecular weight is 204 g/mol. The molecule has 1 aromatic carbocycles. The van der Waals surface area contributed by atoms with Gasteiger partial charge in [0.1, 0.15) is 6.04 Å². The van der Waals surface area contributed by atoms with Crippen LogP contribution in [0, 0.1) is 0 Å². The Kier molecular flexibility index (Phi) is 2.41. The van der Waals surface area contributed by atoms with E-state index in [-0.39, 0.29) is 0 Å². The maximum Gasteiger partial charge on any atom is 0.240 e. The van der Waals surface area contributed by atoms with Gasteiger partial charge in [0.05, 0.1) is 0 Å². The fourth-order valence-corrected chi connectivity index (χ4v) is 1.92. The minimum Gasteiger partial charge on any atom is -0.368 e. The van der Waals surface area contributed by atoms with Crippen molar-refractivity contribution in [1.29, 1.82) is 0 Å². The maximum absolute atomic E-state index is 11.2. The van der Waals surface area contributed by atoms with Crippen LogP contribution in [0.5, 0.6) is 0 Å². The molecule has 78 valence electrons. The summed E-state index contributed by atoms with van der Waals surface area (Å²) in [4.78, 5) is 23.4. The third-order valence-corrected chi connectivity index (χ3v) is 2.75. The monoisotopic (exact) mass is 204 g/mol. The molecule has 0 fully saturated rings. The highest BCUT2D eigenvalue weighted by Crippen LogP contribution is 2.21. The summed E-state index contributed by atoms with van der Waals surface area (Å²) >= 11 is 0. The fraction of sp³-hybridized carbons (Fsp3) is 0.273. The fourth-order valence-electron chi connectivity index (χ4n) is 1.92. The molecule has 1 aliphatic rings. The molecule has 0 aliphatic carbocycles. The van der Waals surface area contributed by atoms with Gasteiger partial charge in [-0.3, -0.25) is 9.59 Å². The van der Waals surface area contributed by atoms with Gasteiger partial charge in [-0.05, 0) is 11.1 Å². The number of carbonyl (C=O) groups excluding carboxylic acids is 2. The highest BCUT2D eigenvalue weighted by atomic mass is 16.2. The molecule has 0 saturated carbocycles. The van der Waals surface area contributed by atoms with Gasteiger partial charge in [-0.15, -0.1) is 0 Å².